The number of piperidine rings is 1. The average molecular weight is 331 g/mol. The largest absolute Gasteiger partial charge is 0.351 e. The molecule has 0 aliphatic carbocycles. The Morgan fingerprint density at radius 3 is 2.62 bits per heavy atom. The van der Waals surface area contributed by atoms with E-state index in [1.807, 2.05) is 11.8 Å². The lowest BCUT2D eigenvalue weighted by Crippen LogP contribution is -2.45. The van der Waals surface area contributed by atoms with Crippen LogP contribution in [0.15, 0.2) is 15.4 Å². The highest BCUT2D eigenvalue weighted by Gasteiger charge is 2.24. The lowest BCUT2D eigenvalue weighted by atomic mass is 10.1. The number of aryl methyl sites for hydroxylation is 2. The topological polar surface area (TPSA) is 104 Å². The van der Waals surface area contributed by atoms with Crippen molar-refractivity contribution in [3.8, 4) is 0 Å². The maximum Gasteiger partial charge on any atom is 0.290 e. The number of amides is 1. The third kappa shape index (κ3) is 3.32. The normalized spacial score (nSPS) is 15.5. The van der Waals surface area contributed by atoms with Gasteiger partial charge in [0.2, 0.25) is 11.7 Å². The van der Waals surface area contributed by atoms with Crippen LogP contribution in [-0.4, -0.2) is 40.2 Å². The molecule has 0 radical (unpaired) electrons. The molecule has 2 aromatic rings. The van der Waals surface area contributed by atoms with Crippen molar-refractivity contribution >= 4 is 11.9 Å². The van der Waals surface area contributed by atoms with Gasteiger partial charge in [0.1, 0.15) is 0 Å². The monoisotopic (exact) mass is 331 g/mol. The van der Waals surface area contributed by atoms with Crippen LogP contribution >= 0.6 is 0 Å². The second-order valence-electron chi connectivity index (χ2n) is 6.17. The number of carbonyl (C=O) groups is 1. The van der Waals surface area contributed by atoms with Gasteiger partial charge in [0.15, 0.2) is 0 Å². The molecule has 1 amide bonds. The third-order valence-electron chi connectivity index (χ3n) is 4.36. The Balaban J connectivity index is 1.60. The van der Waals surface area contributed by atoms with Crippen molar-refractivity contribution in [2.24, 2.45) is 0 Å². The van der Waals surface area contributed by atoms with E-state index in [1.165, 1.54) is 0 Å². The SMILES string of the molecule is Cc1cc(C(=O)NC2CCN(c3nc(C)c(C)c(=O)[nH]3)CC2)on1. The Morgan fingerprint density at radius 1 is 1.33 bits per heavy atom. The second kappa shape index (κ2) is 6.46. The summed E-state index contributed by atoms with van der Waals surface area (Å²) >= 11 is 0. The fourth-order valence-electron chi connectivity index (χ4n) is 2.74. The third-order valence-corrected chi connectivity index (χ3v) is 4.36. The number of hydrogen-bond acceptors (Lipinski definition) is 6. The molecule has 0 bridgehead atoms. The molecule has 3 rings (SSSR count). The van der Waals surface area contributed by atoms with Gasteiger partial charge in [0, 0.05) is 36.5 Å². The molecule has 1 aliphatic heterocycles. The number of rotatable bonds is 3. The van der Waals surface area contributed by atoms with Gasteiger partial charge in [-0.3, -0.25) is 14.6 Å². The summed E-state index contributed by atoms with van der Waals surface area (Å²) in [7, 11) is 0. The van der Waals surface area contributed by atoms with Crippen LogP contribution in [0.3, 0.4) is 0 Å². The van der Waals surface area contributed by atoms with E-state index in [1.54, 1.807) is 19.9 Å². The first-order valence-electron chi connectivity index (χ1n) is 8.00. The van der Waals surface area contributed by atoms with E-state index in [9.17, 15) is 9.59 Å². The lowest BCUT2D eigenvalue weighted by Gasteiger charge is -2.32. The molecule has 1 aliphatic rings. The smallest absolute Gasteiger partial charge is 0.290 e. The Hall–Kier alpha value is -2.64. The molecular formula is C16H21N5O3. The Kier molecular flexibility index (Phi) is 4.37. The summed E-state index contributed by atoms with van der Waals surface area (Å²) in [5, 5.41) is 6.68. The van der Waals surface area contributed by atoms with Gasteiger partial charge in [-0.25, -0.2) is 4.98 Å². The van der Waals surface area contributed by atoms with Gasteiger partial charge >= 0.3 is 0 Å². The van der Waals surface area contributed by atoms with E-state index < -0.39 is 0 Å². The van der Waals surface area contributed by atoms with Gasteiger partial charge in [0.25, 0.3) is 11.5 Å². The Labute approximate surface area is 139 Å². The van der Waals surface area contributed by atoms with Crippen molar-refractivity contribution in [3.63, 3.8) is 0 Å². The fourth-order valence-corrected chi connectivity index (χ4v) is 2.74. The first-order valence-corrected chi connectivity index (χ1v) is 8.00. The van der Waals surface area contributed by atoms with Crippen LogP contribution in [0.5, 0.6) is 0 Å². The van der Waals surface area contributed by atoms with Crippen molar-refractivity contribution in [1.82, 2.24) is 20.4 Å². The molecule has 2 N–H and O–H groups in total. The summed E-state index contributed by atoms with van der Waals surface area (Å²) in [4.78, 5) is 33.3. The predicted molar refractivity (Wildman–Crippen MR) is 88.3 cm³/mol. The standard InChI is InChI=1S/C16H21N5O3/c1-9-8-13(24-20-9)15(23)18-12-4-6-21(7-5-12)16-17-11(3)10(2)14(22)19-16/h8,12H,4-7H2,1-3H3,(H,18,23)(H,17,19,22). The number of nitrogens with zero attached hydrogens (tertiary/aromatic N) is 3. The minimum absolute atomic E-state index is 0.0671. The maximum atomic E-state index is 12.1. The number of nitrogens with one attached hydrogen (secondary N) is 2. The summed E-state index contributed by atoms with van der Waals surface area (Å²) in [6.07, 6.45) is 1.55. The number of anilines is 1. The second-order valence-corrected chi connectivity index (χ2v) is 6.17. The molecule has 0 aromatic carbocycles. The van der Waals surface area contributed by atoms with Crippen LogP contribution in [0.4, 0.5) is 5.95 Å². The molecule has 128 valence electrons. The van der Waals surface area contributed by atoms with Crippen LogP contribution < -0.4 is 15.8 Å². The first-order chi connectivity index (χ1) is 11.4. The molecule has 8 heteroatoms. The molecule has 1 fully saturated rings. The maximum absolute atomic E-state index is 12.1. The zero-order valence-corrected chi connectivity index (χ0v) is 14.0. The number of H-pyrrole nitrogens is 1. The number of hydrogen-bond donors (Lipinski definition) is 2. The van der Waals surface area contributed by atoms with Crippen molar-refractivity contribution < 1.29 is 9.32 Å². The minimum Gasteiger partial charge on any atom is -0.351 e. The van der Waals surface area contributed by atoms with Crippen LogP contribution in [0.25, 0.3) is 0 Å². The number of carbonyl (C=O) groups excluding carboxylic acids is 1. The molecule has 8 nitrogen and oxygen atoms in total. The van der Waals surface area contributed by atoms with Gasteiger partial charge in [-0.1, -0.05) is 5.16 Å². The summed E-state index contributed by atoms with van der Waals surface area (Å²) in [5.74, 6) is 0.584. The van der Waals surface area contributed by atoms with Gasteiger partial charge in [-0.05, 0) is 33.6 Å². The quantitative estimate of drug-likeness (QED) is 0.872. The molecule has 1 saturated heterocycles. The Bertz CT molecular complexity index is 802. The van der Waals surface area contributed by atoms with E-state index in [2.05, 4.69) is 20.4 Å². The van der Waals surface area contributed by atoms with Crippen molar-refractivity contribution in [1.29, 1.82) is 0 Å². The average Bonchev–Trinajstić information content (AvgIpc) is 2.99. The highest BCUT2D eigenvalue weighted by Crippen LogP contribution is 2.16. The van der Waals surface area contributed by atoms with E-state index in [0.29, 0.717) is 30.3 Å². The van der Waals surface area contributed by atoms with Crippen LogP contribution in [-0.2, 0) is 0 Å². The summed E-state index contributed by atoms with van der Waals surface area (Å²) in [6.45, 7) is 6.80. The van der Waals surface area contributed by atoms with E-state index >= 15 is 0 Å². The first kappa shape index (κ1) is 16.2. The van der Waals surface area contributed by atoms with E-state index in [4.69, 9.17) is 4.52 Å². The molecule has 2 aromatic heterocycles. The predicted octanol–water partition coefficient (Wildman–Crippen LogP) is 1.08. The van der Waals surface area contributed by atoms with E-state index in [-0.39, 0.29) is 23.3 Å². The van der Waals surface area contributed by atoms with E-state index in [0.717, 1.165) is 18.5 Å². The fraction of sp³-hybridized carbons (Fsp3) is 0.500. The van der Waals surface area contributed by atoms with Crippen LogP contribution in [0, 0.1) is 20.8 Å². The molecular weight excluding hydrogens is 310 g/mol. The summed E-state index contributed by atoms with van der Waals surface area (Å²) in [5.41, 5.74) is 1.96. The van der Waals surface area contributed by atoms with Gasteiger partial charge in [0.05, 0.1) is 5.69 Å². The van der Waals surface area contributed by atoms with Gasteiger partial charge in [-0.2, -0.15) is 0 Å². The molecule has 0 atom stereocenters. The van der Waals surface area contributed by atoms with Crippen LogP contribution in [0.1, 0.15) is 40.3 Å². The Morgan fingerprint density at radius 2 is 2.04 bits per heavy atom. The number of aromatic amines is 1. The minimum atomic E-state index is -0.244. The van der Waals surface area contributed by atoms with Crippen molar-refractivity contribution in [2.45, 2.75) is 39.7 Å². The van der Waals surface area contributed by atoms with Crippen molar-refractivity contribution in [3.05, 3.63) is 39.1 Å². The number of aromatic nitrogens is 3. The molecule has 0 spiro atoms. The lowest BCUT2D eigenvalue weighted by molar-refractivity contribution is 0.0893. The zero-order valence-electron chi connectivity index (χ0n) is 14.0. The molecule has 0 saturated carbocycles. The highest BCUT2D eigenvalue weighted by atomic mass is 16.5. The zero-order chi connectivity index (χ0) is 17.3. The summed E-state index contributed by atoms with van der Waals surface area (Å²) < 4.78 is 4.97. The molecule has 3 heterocycles. The summed E-state index contributed by atoms with van der Waals surface area (Å²) in [6, 6.07) is 1.69. The van der Waals surface area contributed by atoms with Gasteiger partial charge in [-0.15, -0.1) is 0 Å². The van der Waals surface area contributed by atoms with Crippen LogP contribution in [0.2, 0.25) is 0 Å². The molecule has 24 heavy (non-hydrogen) atoms. The van der Waals surface area contributed by atoms with Gasteiger partial charge < -0.3 is 14.7 Å². The highest BCUT2D eigenvalue weighted by molar-refractivity contribution is 5.91. The molecule has 0 unspecified atom stereocenters. The van der Waals surface area contributed by atoms with Crippen molar-refractivity contribution in [2.75, 3.05) is 18.0 Å².